The molecule has 4 rings (SSSR count). The van der Waals surface area contributed by atoms with Crippen molar-refractivity contribution in [1.29, 1.82) is 0 Å². The average molecular weight is 591 g/mol. The first-order valence-corrected chi connectivity index (χ1v) is 13.9. The summed E-state index contributed by atoms with van der Waals surface area (Å²) in [6, 6.07) is 9.25. The fraction of sp³-hybridized carbons (Fsp3) is 0.500. The van der Waals surface area contributed by atoms with Gasteiger partial charge in [0.2, 0.25) is 5.91 Å². The first-order chi connectivity index (χ1) is 19.8. The molecule has 1 aliphatic carbocycles. The number of rotatable bonds is 8. The second kappa shape index (κ2) is 12.7. The number of nitrogens with zero attached hydrogens (tertiary/aromatic N) is 2. The second-order valence-electron chi connectivity index (χ2n) is 11.2. The van der Waals surface area contributed by atoms with Gasteiger partial charge in [0.25, 0.3) is 11.8 Å². The van der Waals surface area contributed by atoms with Crippen LogP contribution in [0.25, 0.3) is 0 Å². The van der Waals surface area contributed by atoms with E-state index in [9.17, 15) is 32.7 Å². The van der Waals surface area contributed by atoms with Gasteiger partial charge in [-0.1, -0.05) is 6.07 Å². The number of amides is 3. The summed E-state index contributed by atoms with van der Waals surface area (Å²) in [6.45, 7) is 1.03. The van der Waals surface area contributed by atoms with Crippen LogP contribution in [0.2, 0.25) is 0 Å². The summed E-state index contributed by atoms with van der Waals surface area (Å²) in [6.07, 6.45) is -1.43. The van der Waals surface area contributed by atoms with Crippen molar-refractivity contribution in [3.8, 4) is 5.75 Å². The molecule has 2 aliphatic rings. The van der Waals surface area contributed by atoms with Gasteiger partial charge in [0.05, 0.1) is 24.8 Å². The van der Waals surface area contributed by atoms with Gasteiger partial charge in [0, 0.05) is 56.0 Å². The van der Waals surface area contributed by atoms with Crippen molar-refractivity contribution >= 4 is 17.7 Å². The molecule has 1 saturated heterocycles. The zero-order valence-electron chi connectivity index (χ0n) is 24.0. The molecule has 9 nitrogen and oxygen atoms in total. The lowest BCUT2D eigenvalue weighted by molar-refractivity contribution is -0.137. The number of likely N-dealkylation sites (tertiary alicyclic amines) is 1. The quantitative estimate of drug-likeness (QED) is 0.436. The number of nitrogens with one attached hydrogen (secondary N) is 2. The maximum absolute atomic E-state index is 12.9. The standard InChI is InChI=1S/C30H37F3N4O5/c1-36(2)28(40)20-7-8-25(42-3)24(16-20)29(41)12-9-23(10-13-29)37-14-11-22(18-37)35-26(38)17-34-27(39)19-5-4-6-21(15-19)30(31,32)33/h4-8,15-16,22-23,41H,9-14,17-18H2,1-3H3,(H,34,39)(H,35,38)/t22-,23?,29?/m1/s1. The highest BCUT2D eigenvalue weighted by Gasteiger charge is 2.40. The number of methoxy groups -OCH3 is 1. The van der Waals surface area contributed by atoms with Crippen LogP contribution >= 0.6 is 0 Å². The van der Waals surface area contributed by atoms with Crippen molar-refractivity contribution in [1.82, 2.24) is 20.4 Å². The van der Waals surface area contributed by atoms with Gasteiger partial charge < -0.3 is 25.4 Å². The number of carbonyl (C=O) groups is 3. The van der Waals surface area contributed by atoms with E-state index in [1.165, 1.54) is 18.1 Å². The van der Waals surface area contributed by atoms with Crippen LogP contribution in [0.4, 0.5) is 13.2 Å². The van der Waals surface area contributed by atoms with Crippen LogP contribution in [0.15, 0.2) is 42.5 Å². The molecule has 12 heteroatoms. The molecule has 0 unspecified atom stereocenters. The summed E-state index contributed by atoms with van der Waals surface area (Å²) in [5, 5.41) is 16.9. The topological polar surface area (TPSA) is 111 Å². The van der Waals surface area contributed by atoms with E-state index in [4.69, 9.17) is 4.74 Å². The molecule has 0 aromatic heterocycles. The first kappa shape index (κ1) is 31.3. The Morgan fingerprint density at radius 2 is 1.79 bits per heavy atom. The molecule has 2 aromatic carbocycles. The maximum Gasteiger partial charge on any atom is 0.416 e. The molecule has 2 aromatic rings. The van der Waals surface area contributed by atoms with E-state index in [1.807, 2.05) is 0 Å². The fourth-order valence-electron chi connectivity index (χ4n) is 5.79. The van der Waals surface area contributed by atoms with Gasteiger partial charge in [-0.25, -0.2) is 0 Å². The first-order valence-electron chi connectivity index (χ1n) is 13.9. The van der Waals surface area contributed by atoms with Crippen molar-refractivity contribution in [3.05, 3.63) is 64.7 Å². The number of aliphatic hydroxyl groups is 1. The molecule has 0 spiro atoms. The number of benzene rings is 2. The average Bonchev–Trinajstić information content (AvgIpc) is 3.43. The third kappa shape index (κ3) is 7.22. The van der Waals surface area contributed by atoms with Crippen molar-refractivity contribution in [2.75, 3.05) is 40.8 Å². The highest BCUT2D eigenvalue weighted by Crippen LogP contribution is 2.43. The predicted octanol–water partition coefficient (Wildman–Crippen LogP) is 3.17. The molecular formula is C30H37F3N4O5. The summed E-state index contributed by atoms with van der Waals surface area (Å²) < 4.78 is 44.3. The number of ether oxygens (including phenoxy) is 1. The normalized spacial score (nSPS) is 22.8. The predicted molar refractivity (Wildman–Crippen MR) is 149 cm³/mol. The molecule has 3 N–H and O–H groups in total. The molecule has 2 fully saturated rings. The molecule has 42 heavy (non-hydrogen) atoms. The molecule has 0 radical (unpaired) electrons. The number of hydrogen-bond acceptors (Lipinski definition) is 6. The Kier molecular flexibility index (Phi) is 9.47. The Morgan fingerprint density at radius 1 is 1.07 bits per heavy atom. The lowest BCUT2D eigenvalue weighted by Gasteiger charge is -2.40. The highest BCUT2D eigenvalue weighted by atomic mass is 19.4. The minimum Gasteiger partial charge on any atom is -0.496 e. The van der Waals surface area contributed by atoms with Crippen LogP contribution < -0.4 is 15.4 Å². The maximum atomic E-state index is 12.9. The van der Waals surface area contributed by atoms with Crippen LogP contribution in [-0.2, 0) is 16.6 Å². The van der Waals surface area contributed by atoms with Gasteiger partial charge in [-0.2, -0.15) is 13.2 Å². The number of alkyl halides is 3. The van der Waals surface area contributed by atoms with Crippen LogP contribution in [0.3, 0.4) is 0 Å². The highest BCUT2D eigenvalue weighted by molar-refractivity contribution is 5.96. The molecular weight excluding hydrogens is 553 g/mol. The SMILES string of the molecule is COc1ccc(C(=O)N(C)C)cc1C1(O)CCC(N2CC[C@@H](NC(=O)CNC(=O)c3cccc(C(F)(F)F)c3)C2)CC1. The fourth-order valence-corrected chi connectivity index (χ4v) is 5.79. The lowest BCUT2D eigenvalue weighted by atomic mass is 9.76. The lowest BCUT2D eigenvalue weighted by Crippen LogP contribution is -2.45. The van der Waals surface area contributed by atoms with E-state index in [2.05, 4.69) is 15.5 Å². The third-order valence-electron chi connectivity index (χ3n) is 8.10. The van der Waals surface area contributed by atoms with Crippen molar-refractivity contribution in [2.45, 2.75) is 56.0 Å². The Bertz CT molecular complexity index is 1310. The van der Waals surface area contributed by atoms with Crippen LogP contribution in [-0.4, -0.2) is 85.6 Å². The van der Waals surface area contributed by atoms with E-state index in [1.54, 1.807) is 32.3 Å². The van der Waals surface area contributed by atoms with Gasteiger partial charge in [-0.15, -0.1) is 0 Å². The largest absolute Gasteiger partial charge is 0.496 e. The van der Waals surface area contributed by atoms with Crippen LogP contribution in [0.5, 0.6) is 5.75 Å². The van der Waals surface area contributed by atoms with Crippen molar-refractivity contribution in [3.63, 3.8) is 0 Å². The molecule has 1 heterocycles. The van der Waals surface area contributed by atoms with Gasteiger partial charge >= 0.3 is 6.18 Å². The zero-order valence-corrected chi connectivity index (χ0v) is 24.0. The summed E-state index contributed by atoms with van der Waals surface area (Å²) >= 11 is 0. The van der Waals surface area contributed by atoms with Gasteiger partial charge in [-0.05, 0) is 68.5 Å². The van der Waals surface area contributed by atoms with Gasteiger partial charge in [0.15, 0.2) is 0 Å². The Morgan fingerprint density at radius 3 is 2.43 bits per heavy atom. The number of carbonyl (C=O) groups excluding carboxylic acids is 3. The van der Waals surface area contributed by atoms with Crippen LogP contribution in [0.1, 0.15) is 63.9 Å². The van der Waals surface area contributed by atoms with Crippen LogP contribution in [0, 0.1) is 0 Å². The minimum absolute atomic E-state index is 0.127. The van der Waals surface area contributed by atoms with Crippen molar-refractivity contribution < 1.29 is 37.4 Å². The minimum atomic E-state index is -4.57. The van der Waals surface area contributed by atoms with E-state index in [0.717, 1.165) is 44.0 Å². The number of hydrogen-bond donors (Lipinski definition) is 3. The van der Waals surface area contributed by atoms with E-state index < -0.39 is 29.2 Å². The monoisotopic (exact) mass is 590 g/mol. The van der Waals surface area contributed by atoms with E-state index in [-0.39, 0.29) is 30.1 Å². The molecule has 1 aliphatic heterocycles. The summed E-state index contributed by atoms with van der Waals surface area (Å²) in [5.74, 6) is -0.793. The molecule has 1 saturated carbocycles. The molecule has 1 atom stereocenters. The Labute approximate surface area is 243 Å². The Hall–Kier alpha value is -3.64. The van der Waals surface area contributed by atoms with E-state index >= 15 is 0 Å². The molecule has 3 amide bonds. The van der Waals surface area contributed by atoms with Gasteiger partial charge in [0.1, 0.15) is 5.75 Å². The summed E-state index contributed by atoms with van der Waals surface area (Å²) in [7, 11) is 4.89. The zero-order chi connectivity index (χ0) is 30.7. The second-order valence-corrected chi connectivity index (χ2v) is 11.2. The molecule has 228 valence electrons. The van der Waals surface area contributed by atoms with Gasteiger partial charge in [-0.3, -0.25) is 19.3 Å². The summed E-state index contributed by atoms with van der Waals surface area (Å²) in [4.78, 5) is 41.0. The molecule has 0 bridgehead atoms. The summed E-state index contributed by atoms with van der Waals surface area (Å²) in [5.41, 5.74) is -1.14. The smallest absolute Gasteiger partial charge is 0.416 e. The van der Waals surface area contributed by atoms with E-state index in [0.29, 0.717) is 36.3 Å². The third-order valence-corrected chi connectivity index (χ3v) is 8.10. The van der Waals surface area contributed by atoms with Crippen molar-refractivity contribution in [2.24, 2.45) is 0 Å². The number of halogens is 3. The Balaban J connectivity index is 1.27.